The largest absolute Gasteiger partial charge is 0.481 e. The number of benzene rings is 2. The van der Waals surface area contributed by atoms with Crippen LogP contribution in [-0.2, 0) is 34.9 Å². The number of rotatable bonds is 10. The molecule has 1 saturated carbocycles. The van der Waals surface area contributed by atoms with Crippen molar-refractivity contribution in [3.05, 3.63) is 87.7 Å². The molecule has 2 heterocycles. The zero-order valence-electron chi connectivity index (χ0n) is 27.4. The summed E-state index contributed by atoms with van der Waals surface area (Å²) in [6, 6.07) is 10.1. The van der Waals surface area contributed by atoms with E-state index in [9.17, 15) is 41.0 Å². The van der Waals surface area contributed by atoms with Crippen LogP contribution in [0, 0.1) is 11.8 Å². The summed E-state index contributed by atoms with van der Waals surface area (Å²) in [7, 11) is 0. The number of carboxylic acid groups (broad SMARTS) is 1. The van der Waals surface area contributed by atoms with E-state index in [0.717, 1.165) is 17.7 Å². The molecule has 0 radical (unpaired) electrons. The summed E-state index contributed by atoms with van der Waals surface area (Å²) in [6.45, 7) is 1.63. The van der Waals surface area contributed by atoms with E-state index in [1.807, 2.05) is 42.2 Å². The summed E-state index contributed by atoms with van der Waals surface area (Å²) in [5, 5.41) is 9.25. The van der Waals surface area contributed by atoms with Crippen LogP contribution in [0.3, 0.4) is 0 Å². The Morgan fingerprint density at radius 1 is 0.880 bits per heavy atom. The fraction of sp³-hybridized carbons (Fsp3) is 0.500. The van der Waals surface area contributed by atoms with Crippen LogP contribution >= 0.6 is 15.9 Å². The summed E-state index contributed by atoms with van der Waals surface area (Å²) in [4.78, 5) is 38.1. The minimum absolute atomic E-state index is 0.00384. The Labute approximate surface area is 295 Å². The molecule has 3 aromatic rings. The highest BCUT2D eigenvalue weighted by atomic mass is 79.9. The van der Waals surface area contributed by atoms with Gasteiger partial charge < -0.3 is 14.9 Å². The number of hydrogen-bond donors (Lipinski definition) is 1. The highest BCUT2D eigenvalue weighted by Crippen LogP contribution is 2.40. The first-order valence-electron chi connectivity index (χ1n) is 16.7. The van der Waals surface area contributed by atoms with Gasteiger partial charge in [-0.1, -0.05) is 37.3 Å². The number of carbonyl (C=O) groups is 2. The lowest BCUT2D eigenvalue weighted by molar-refractivity contribution is -0.145. The average molecular weight is 770 g/mol. The Hall–Kier alpha value is -3.68. The van der Waals surface area contributed by atoms with Gasteiger partial charge in [-0.15, -0.1) is 0 Å². The number of carboxylic acids is 1. The molecule has 0 bridgehead atoms. The van der Waals surface area contributed by atoms with Crippen LogP contribution < -0.4 is 4.90 Å². The van der Waals surface area contributed by atoms with Gasteiger partial charge in [-0.2, -0.15) is 26.3 Å². The monoisotopic (exact) mass is 768 g/mol. The average Bonchev–Trinajstić information content (AvgIpc) is 3.06. The summed E-state index contributed by atoms with van der Waals surface area (Å²) in [5.74, 6) is -0.939. The summed E-state index contributed by atoms with van der Waals surface area (Å²) >= 11 is 3.30. The van der Waals surface area contributed by atoms with Crippen LogP contribution in [0.4, 0.5) is 32.3 Å². The van der Waals surface area contributed by atoms with E-state index in [1.165, 1.54) is 12.4 Å². The molecule has 5 rings (SSSR count). The number of aliphatic carboxylic acids is 1. The maximum Gasteiger partial charge on any atom is 0.416 e. The Morgan fingerprint density at radius 2 is 1.46 bits per heavy atom. The maximum atomic E-state index is 14.3. The second kappa shape index (κ2) is 15.7. The number of hydrogen-bond acceptors (Lipinski definition) is 5. The van der Waals surface area contributed by atoms with Crippen LogP contribution in [0.15, 0.2) is 65.4 Å². The zero-order valence-corrected chi connectivity index (χ0v) is 29.0. The van der Waals surface area contributed by atoms with Crippen molar-refractivity contribution < 1.29 is 41.0 Å². The third-order valence-corrected chi connectivity index (χ3v) is 10.3. The number of amides is 1. The number of halogens is 7. The van der Waals surface area contributed by atoms with Crippen molar-refractivity contribution in [2.24, 2.45) is 11.8 Å². The lowest BCUT2D eigenvalue weighted by atomic mass is 9.78. The molecule has 0 spiro atoms. The van der Waals surface area contributed by atoms with Gasteiger partial charge in [-0.25, -0.2) is 9.97 Å². The van der Waals surface area contributed by atoms with Crippen LogP contribution in [-0.4, -0.2) is 50.0 Å². The van der Waals surface area contributed by atoms with E-state index in [0.29, 0.717) is 55.8 Å². The van der Waals surface area contributed by atoms with Gasteiger partial charge in [0.25, 0.3) is 0 Å². The lowest BCUT2D eigenvalue weighted by Crippen LogP contribution is -2.59. The predicted octanol–water partition coefficient (Wildman–Crippen LogP) is 8.95. The Balaban J connectivity index is 1.51. The van der Waals surface area contributed by atoms with Crippen LogP contribution in [0.2, 0.25) is 0 Å². The quantitative estimate of drug-likeness (QED) is 0.208. The van der Waals surface area contributed by atoms with Gasteiger partial charge in [-0.05, 0) is 103 Å². The zero-order chi connectivity index (χ0) is 36.2. The topological polar surface area (TPSA) is 86.6 Å². The van der Waals surface area contributed by atoms with E-state index < -0.39 is 35.5 Å². The molecule has 3 atom stereocenters. The van der Waals surface area contributed by atoms with Crippen molar-refractivity contribution in [1.29, 1.82) is 0 Å². The number of alkyl halides is 6. The summed E-state index contributed by atoms with van der Waals surface area (Å²) < 4.78 is 83.5. The van der Waals surface area contributed by atoms with E-state index in [1.54, 1.807) is 4.90 Å². The molecule has 1 unspecified atom stereocenters. The van der Waals surface area contributed by atoms with E-state index in [-0.39, 0.29) is 60.4 Å². The third kappa shape index (κ3) is 9.35. The molecule has 1 aliphatic heterocycles. The number of anilines is 1. The van der Waals surface area contributed by atoms with Crippen molar-refractivity contribution in [3.8, 4) is 0 Å². The number of carbonyl (C=O) groups excluding carboxylic acids is 1. The van der Waals surface area contributed by atoms with Gasteiger partial charge >= 0.3 is 18.3 Å². The molecule has 14 heteroatoms. The Kier molecular flexibility index (Phi) is 11.8. The Bertz CT molecular complexity index is 1580. The molecule has 1 saturated heterocycles. The fourth-order valence-corrected chi connectivity index (χ4v) is 7.70. The van der Waals surface area contributed by atoms with Gasteiger partial charge in [0.2, 0.25) is 11.9 Å². The lowest BCUT2D eigenvalue weighted by Gasteiger charge is -2.49. The van der Waals surface area contributed by atoms with Gasteiger partial charge in [0.05, 0.1) is 15.6 Å². The van der Waals surface area contributed by atoms with Gasteiger partial charge in [-0.3, -0.25) is 9.59 Å². The third-order valence-electron chi connectivity index (χ3n) is 9.88. The standard InChI is InChI=1S/C36H39BrF6N4O3/c1-2-29-17-30(18-31(14-22-6-4-3-5-7-22)47(29)33(50)25-10-8-23(9-11-25)15-32(48)49)46(34-44-19-28(37)20-45-34)21-24-12-26(35(38,39)40)16-27(13-24)36(41,42)43/h3-7,12-13,16,19-20,23,25,29-31H,2,8-11,14-15,17-18,21H2,1H3,(H,48,49)/t23?,25?,29?,30-,31-/m1/s1. The molecule has 2 fully saturated rings. The predicted molar refractivity (Wildman–Crippen MR) is 178 cm³/mol. The van der Waals surface area contributed by atoms with Crippen LogP contribution in [0.25, 0.3) is 0 Å². The first-order chi connectivity index (χ1) is 23.6. The maximum absolute atomic E-state index is 14.3. The van der Waals surface area contributed by atoms with Gasteiger partial charge in [0, 0.05) is 49.4 Å². The molecule has 1 amide bonds. The molecule has 1 aliphatic carbocycles. The molecule has 50 heavy (non-hydrogen) atoms. The van der Waals surface area contributed by atoms with E-state index in [2.05, 4.69) is 25.9 Å². The second-order valence-electron chi connectivity index (χ2n) is 13.3. The number of likely N-dealkylation sites (tertiary alicyclic amines) is 1. The number of nitrogens with zero attached hydrogens (tertiary/aromatic N) is 4. The molecule has 2 aliphatic rings. The molecular weight excluding hydrogens is 730 g/mol. The number of aromatic nitrogens is 2. The summed E-state index contributed by atoms with van der Waals surface area (Å²) in [5.41, 5.74) is -2.00. The minimum Gasteiger partial charge on any atom is -0.481 e. The fourth-order valence-electron chi connectivity index (χ4n) is 7.49. The Morgan fingerprint density at radius 3 is 2.00 bits per heavy atom. The smallest absolute Gasteiger partial charge is 0.416 e. The SMILES string of the molecule is CCC1C[C@@H](N(Cc2cc(C(F)(F)F)cc(C(F)(F)F)c2)c2ncc(Br)cn2)C[C@@H](Cc2ccccc2)N1C(=O)C1CCC(CC(=O)O)CC1. The van der Waals surface area contributed by atoms with E-state index in [4.69, 9.17) is 0 Å². The van der Waals surface area contributed by atoms with Crippen LogP contribution in [0.5, 0.6) is 0 Å². The first-order valence-corrected chi connectivity index (χ1v) is 17.5. The van der Waals surface area contributed by atoms with Crippen LogP contribution in [0.1, 0.15) is 80.5 Å². The normalized spacial score (nSPS) is 23.0. The molecule has 1 N–H and O–H groups in total. The van der Waals surface area contributed by atoms with Gasteiger partial charge in [0.1, 0.15) is 0 Å². The van der Waals surface area contributed by atoms with Crippen molar-refractivity contribution in [2.45, 2.75) is 102 Å². The molecular formula is C36H39BrF6N4O3. The van der Waals surface area contributed by atoms with Crippen molar-refractivity contribution in [3.63, 3.8) is 0 Å². The second-order valence-corrected chi connectivity index (χ2v) is 14.3. The van der Waals surface area contributed by atoms with Gasteiger partial charge in [0.15, 0.2) is 0 Å². The molecule has 270 valence electrons. The molecule has 1 aromatic heterocycles. The highest BCUT2D eigenvalue weighted by molar-refractivity contribution is 9.10. The van der Waals surface area contributed by atoms with Crippen molar-refractivity contribution >= 4 is 33.8 Å². The molecule has 2 aromatic carbocycles. The number of piperidine rings is 1. The van der Waals surface area contributed by atoms with Crippen molar-refractivity contribution in [1.82, 2.24) is 14.9 Å². The highest BCUT2D eigenvalue weighted by Gasteiger charge is 2.43. The first kappa shape index (κ1) is 37.6. The summed E-state index contributed by atoms with van der Waals surface area (Å²) in [6.07, 6.45) is -2.70. The minimum atomic E-state index is -5.00. The molecule has 7 nitrogen and oxygen atoms in total. The van der Waals surface area contributed by atoms with E-state index >= 15 is 0 Å². The van der Waals surface area contributed by atoms with Crippen molar-refractivity contribution in [2.75, 3.05) is 4.90 Å².